The molecule has 0 spiro atoms. The fourth-order valence-electron chi connectivity index (χ4n) is 2.95. The van der Waals surface area contributed by atoms with Gasteiger partial charge >= 0.3 is 0 Å². The van der Waals surface area contributed by atoms with Crippen LogP contribution in [0.5, 0.6) is 0 Å². The normalized spacial score (nSPS) is 14.4. The van der Waals surface area contributed by atoms with Crippen molar-refractivity contribution in [3.05, 3.63) is 0 Å². The van der Waals surface area contributed by atoms with E-state index in [0.717, 1.165) is 19.3 Å². The van der Waals surface area contributed by atoms with Crippen LogP contribution in [0.2, 0.25) is 0 Å². The summed E-state index contributed by atoms with van der Waals surface area (Å²) in [6.07, 6.45) is 18.9. The summed E-state index contributed by atoms with van der Waals surface area (Å²) in [6, 6.07) is 0. The van der Waals surface area contributed by atoms with Crippen LogP contribution >= 0.6 is 0 Å². The largest absolute Gasteiger partial charge is 0.390 e. The van der Waals surface area contributed by atoms with Crippen LogP contribution in [0.15, 0.2) is 0 Å². The van der Waals surface area contributed by atoms with Gasteiger partial charge in [0.1, 0.15) is 0 Å². The number of aliphatic hydroxyl groups is 1. The molecule has 122 valence electrons. The Labute approximate surface area is 128 Å². The van der Waals surface area contributed by atoms with E-state index in [2.05, 4.69) is 20.8 Å². The van der Waals surface area contributed by atoms with E-state index in [1.807, 2.05) is 0 Å². The molecule has 0 aliphatic carbocycles. The first-order valence-electron chi connectivity index (χ1n) is 9.41. The molecule has 0 aliphatic heterocycles. The Balaban J connectivity index is 3.45. The monoisotopic (exact) mass is 284 g/mol. The fourth-order valence-corrected chi connectivity index (χ4v) is 2.95. The second kappa shape index (κ2) is 13.9. The number of hydrogen-bond donors (Lipinski definition) is 1. The Kier molecular flexibility index (Phi) is 13.9. The molecular weight excluding hydrogens is 244 g/mol. The van der Waals surface area contributed by atoms with Gasteiger partial charge in [-0.25, -0.2) is 0 Å². The Morgan fingerprint density at radius 2 is 0.900 bits per heavy atom. The van der Waals surface area contributed by atoms with Crippen molar-refractivity contribution >= 4 is 0 Å². The maximum atomic E-state index is 10.5. The van der Waals surface area contributed by atoms with E-state index < -0.39 is 0 Å². The Bertz CT molecular complexity index is 190. The van der Waals surface area contributed by atoms with E-state index in [9.17, 15) is 5.11 Å². The summed E-state index contributed by atoms with van der Waals surface area (Å²) < 4.78 is 0. The van der Waals surface area contributed by atoms with Crippen molar-refractivity contribution in [2.75, 3.05) is 0 Å². The lowest BCUT2D eigenvalue weighted by molar-refractivity contribution is 0.0141. The second-order valence-electron chi connectivity index (χ2n) is 6.61. The van der Waals surface area contributed by atoms with Crippen molar-refractivity contribution in [3.8, 4) is 0 Å². The highest BCUT2D eigenvalue weighted by molar-refractivity contribution is 4.76. The maximum absolute atomic E-state index is 10.5. The number of unbranched alkanes of at least 4 members (excludes halogenated alkanes) is 10. The predicted molar refractivity (Wildman–Crippen MR) is 91.2 cm³/mol. The van der Waals surface area contributed by atoms with Crippen molar-refractivity contribution in [1.29, 1.82) is 0 Å². The Morgan fingerprint density at radius 1 is 0.550 bits per heavy atom. The number of rotatable bonds is 15. The molecule has 1 unspecified atom stereocenters. The van der Waals surface area contributed by atoms with Crippen LogP contribution in [0.25, 0.3) is 0 Å². The summed E-state index contributed by atoms with van der Waals surface area (Å²) in [5, 5.41) is 10.5. The maximum Gasteiger partial charge on any atom is 0.0645 e. The van der Waals surface area contributed by atoms with Gasteiger partial charge in [-0.2, -0.15) is 0 Å². The summed E-state index contributed by atoms with van der Waals surface area (Å²) >= 11 is 0. The molecule has 1 heteroatoms. The van der Waals surface area contributed by atoms with Crippen LogP contribution in [0.1, 0.15) is 117 Å². The molecule has 0 bridgehead atoms. The predicted octanol–water partition coefficient (Wildman–Crippen LogP) is 6.63. The molecule has 0 fully saturated rings. The molecule has 20 heavy (non-hydrogen) atoms. The zero-order valence-electron chi connectivity index (χ0n) is 14.6. The standard InChI is InChI=1S/C19H40O/c1-4-7-9-10-11-12-13-14-16-18-19(20,6-3)17-15-8-5-2/h20H,4-18H2,1-3H3. The van der Waals surface area contributed by atoms with E-state index in [0.29, 0.717) is 0 Å². The average Bonchev–Trinajstić information content (AvgIpc) is 2.46. The summed E-state index contributed by atoms with van der Waals surface area (Å²) in [5.41, 5.74) is -0.365. The summed E-state index contributed by atoms with van der Waals surface area (Å²) in [7, 11) is 0. The van der Waals surface area contributed by atoms with Gasteiger partial charge < -0.3 is 5.11 Å². The van der Waals surface area contributed by atoms with Crippen LogP contribution in [0.4, 0.5) is 0 Å². The topological polar surface area (TPSA) is 20.2 Å². The highest BCUT2D eigenvalue weighted by Crippen LogP contribution is 2.26. The third-order valence-electron chi connectivity index (χ3n) is 4.65. The van der Waals surface area contributed by atoms with Gasteiger partial charge in [-0.3, -0.25) is 0 Å². The van der Waals surface area contributed by atoms with Gasteiger partial charge in [-0.05, 0) is 19.3 Å². The summed E-state index contributed by atoms with van der Waals surface area (Å²) in [4.78, 5) is 0. The van der Waals surface area contributed by atoms with Crippen molar-refractivity contribution in [3.63, 3.8) is 0 Å². The van der Waals surface area contributed by atoms with Gasteiger partial charge in [-0.1, -0.05) is 97.8 Å². The zero-order chi connectivity index (χ0) is 15.1. The molecule has 0 radical (unpaired) electrons. The van der Waals surface area contributed by atoms with Crippen LogP contribution in [0, 0.1) is 0 Å². The van der Waals surface area contributed by atoms with Gasteiger partial charge in [0.25, 0.3) is 0 Å². The van der Waals surface area contributed by atoms with Gasteiger partial charge in [0.15, 0.2) is 0 Å². The summed E-state index contributed by atoms with van der Waals surface area (Å²) in [5.74, 6) is 0. The zero-order valence-corrected chi connectivity index (χ0v) is 14.6. The highest BCUT2D eigenvalue weighted by Gasteiger charge is 2.22. The van der Waals surface area contributed by atoms with Gasteiger partial charge in [0.05, 0.1) is 5.60 Å². The first-order valence-corrected chi connectivity index (χ1v) is 9.41. The fraction of sp³-hybridized carbons (Fsp3) is 1.00. The minimum Gasteiger partial charge on any atom is -0.390 e. The van der Waals surface area contributed by atoms with Crippen molar-refractivity contribution < 1.29 is 5.11 Å². The van der Waals surface area contributed by atoms with Gasteiger partial charge in [-0.15, -0.1) is 0 Å². The lowest BCUT2D eigenvalue weighted by Gasteiger charge is -2.27. The molecule has 0 aliphatic rings. The van der Waals surface area contributed by atoms with Crippen molar-refractivity contribution in [1.82, 2.24) is 0 Å². The first kappa shape index (κ1) is 20.0. The Morgan fingerprint density at radius 3 is 1.35 bits per heavy atom. The van der Waals surface area contributed by atoms with E-state index >= 15 is 0 Å². The molecule has 0 aromatic carbocycles. The van der Waals surface area contributed by atoms with Crippen LogP contribution in [-0.4, -0.2) is 10.7 Å². The van der Waals surface area contributed by atoms with Crippen molar-refractivity contribution in [2.45, 2.75) is 123 Å². The van der Waals surface area contributed by atoms with Crippen molar-refractivity contribution in [2.24, 2.45) is 0 Å². The molecule has 0 aromatic rings. The van der Waals surface area contributed by atoms with E-state index in [4.69, 9.17) is 0 Å². The van der Waals surface area contributed by atoms with Gasteiger partial charge in [0.2, 0.25) is 0 Å². The molecule has 0 amide bonds. The first-order chi connectivity index (χ1) is 9.68. The smallest absolute Gasteiger partial charge is 0.0645 e. The minimum atomic E-state index is -0.365. The van der Waals surface area contributed by atoms with Gasteiger partial charge in [0, 0.05) is 0 Å². The number of hydrogen-bond acceptors (Lipinski definition) is 1. The Hall–Kier alpha value is -0.0400. The summed E-state index contributed by atoms with van der Waals surface area (Å²) in [6.45, 7) is 6.64. The van der Waals surface area contributed by atoms with Crippen LogP contribution < -0.4 is 0 Å². The highest BCUT2D eigenvalue weighted by atomic mass is 16.3. The molecule has 0 saturated heterocycles. The SMILES string of the molecule is CCCCCCCCCCCC(O)(CC)CCCCC. The third-order valence-corrected chi connectivity index (χ3v) is 4.65. The van der Waals surface area contributed by atoms with Crippen LogP contribution in [-0.2, 0) is 0 Å². The molecule has 0 heterocycles. The lowest BCUT2D eigenvalue weighted by Crippen LogP contribution is -2.27. The molecule has 1 atom stereocenters. The molecule has 0 rings (SSSR count). The molecule has 0 saturated carbocycles. The van der Waals surface area contributed by atoms with E-state index in [1.165, 1.54) is 77.0 Å². The lowest BCUT2D eigenvalue weighted by atomic mass is 9.88. The van der Waals surface area contributed by atoms with E-state index in [1.54, 1.807) is 0 Å². The quantitative estimate of drug-likeness (QED) is 0.335. The average molecular weight is 285 g/mol. The van der Waals surface area contributed by atoms with E-state index in [-0.39, 0.29) is 5.60 Å². The molecule has 1 nitrogen and oxygen atoms in total. The third kappa shape index (κ3) is 11.8. The second-order valence-corrected chi connectivity index (χ2v) is 6.61. The minimum absolute atomic E-state index is 0.365. The van der Waals surface area contributed by atoms with Crippen LogP contribution in [0.3, 0.4) is 0 Å². The molecule has 0 aromatic heterocycles. The molecule has 1 N–H and O–H groups in total. The molecular formula is C19H40O.